The number of carbonyl (C=O) groups excluding carboxylic acids is 1. The summed E-state index contributed by atoms with van der Waals surface area (Å²) >= 11 is 0. The third-order valence-electron chi connectivity index (χ3n) is 3.49. The standard InChI is InChI=1S/C15H20N2O4/c1-15(8-10-21-11-15)16-14(20)17(9-7-13(18)19)12-5-3-2-4-6-12/h2-6H,7-11H2,1H3,(H,16,20)(H,18,19). The molecule has 1 saturated heterocycles. The predicted octanol–water partition coefficient (Wildman–Crippen LogP) is 1.86. The minimum Gasteiger partial charge on any atom is -0.481 e. The van der Waals surface area contributed by atoms with E-state index < -0.39 is 11.5 Å². The van der Waals surface area contributed by atoms with E-state index in [1.165, 1.54) is 4.90 Å². The van der Waals surface area contributed by atoms with Gasteiger partial charge in [0.05, 0.1) is 18.6 Å². The van der Waals surface area contributed by atoms with Crippen LogP contribution in [0.3, 0.4) is 0 Å². The van der Waals surface area contributed by atoms with E-state index in [-0.39, 0.29) is 19.0 Å². The number of nitrogens with one attached hydrogen (secondary N) is 1. The Kier molecular flexibility index (Phi) is 4.80. The van der Waals surface area contributed by atoms with Crippen molar-refractivity contribution in [2.45, 2.75) is 25.3 Å². The molecule has 6 heteroatoms. The van der Waals surface area contributed by atoms with Gasteiger partial charge in [-0.15, -0.1) is 0 Å². The molecule has 1 atom stereocenters. The maximum atomic E-state index is 12.5. The minimum absolute atomic E-state index is 0.102. The number of hydrogen-bond acceptors (Lipinski definition) is 3. The Labute approximate surface area is 123 Å². The molecular weight excluding hydrogens is 272 g/mol. The molecule has 2 rings (SSSR count). The molecule has 1 aromatic carbocycles. The summed E-state index contributed by atoms with van der Waals surface area (Å²) in [6.07, 6.45) is 0.649. The highest BCUT2D eigenvalue weighted by molar-refractivity contribution is 5.93. The third kappa shape index (κ3) is 4.19. The average molecular weight is 292 g/mol. The lowest BCUT2D eigenvalue weighted by Gasteiger charge is -2.29. The van der Waals surface area contributed by atoms with Crippen LogP contribution in [0.2, 0.25) is 0 Å². The van der Waals surface area contributed by atoms with Crippen molar-refractivity contribution in [2.75, 3.05) is 24.7 Å². The van der Waals surface area contributed by atoms with Gasteiger partial charge in [0.25, 0.3) is 0 Å². The summed E-state index contributed by atoms with van der Waals surface area (Å²) in [6.45, 7) is 3.15. The number of rotatable bonds is 5. The smallest absolute Gasteiger partial charge is 0.322 e. The molecule has 2 N–H and O–H groups in total. The summed E-state index contributed by atoms with van der Waals surface area (Å²) in [5.41, 5.74) is 0.284. The second-order valence-electron chi connectivity index (χ2n) is 5.42. The van der Waals surface area contributed by atoms with Crippen molar-refractivity contribution in [3.8, 4) is 0 Å². The SMILES string of the molecule is CC1(NC(=O)N(CCC(=O)O)c2ccccc2)CCOC1. The van der Waals surface area contributed by atoms with Crippen LogP contribution >= 0.6 is 0 Å². The Morgan fingerprint density at radius 2 is 2.10 bits per heavy atom. The van der Waals surface area contributed by atoms with Gasteiger partial charge in [0.1, 0.15) is 0 Å². The molecule has 0 spiro atoms. The highest BCUT2D eigenvalue weighted by Gasteiger charge is 2.33. The van der Waals surface area contributed by atoms with Gasteiger partial charge in [-0.3, -0.25) is 9.69 Å². The normalized spacial score (nSPS) is 21.0. The van der Waals surface area contributed by atoms with E-state index >= 15 is 0 Å². The van der Waals surface area contributed by atoms with Crippen molar-refractivity contribution in [1.29, 1.82) is 0 Å². The molecular formula is C15H20N2O4. The Bertz CT molecular complexity index is 498. The quantitative estimate of drug-likeness (QED) is 0.868. The Morgan fingerprint density at radius 3 is 2.67 bits per heavy atom. The van der Waals surface area contributed by atoms with Crippen molar-refractivity contribution < 1.29 is 19.4 Å². The largest absolute Gasteiger partial charge is 0.481 e. The molecule has 0 aliphatic carbocycles. The first-order chi connectivity index (χ1) is 10.0. The van der Waals surface area contributed by atoms with E-state index in [0.717, 1.165) is 6.42 Å². The van der Waals surface area contributed by atoms with Crippen LogP contribution in [0, 0.1) is 0 Å². The number of nitrogens with zero attached hydrogens (tertiary/aromatic N) is 1. The summed E-state index contributed by atoms with van der Waals surface area (Å²) in [5.74, 6) is -0.931. The van der Waals surface area contributed by atoms with Crippen LogP contribution in [0.1, 0.15) is 19.8 Å². The van der Waals surface area contributed by atoms with Gasteiger partial charge < -0.3 is 15.2 Å². The number of aliphatic carboxylic acids is 1. The van der Waals surface area contributed by atoms with E-state index in [0.29, 0.717) is 18.9 Å². The molecule has 1 heterocycles. The maximum absolute atomic E-state index is 12.5. The lowest BCUT2D eigenvalue weighted by molar-refractivity contribution is -0.136. The van der Waals surface area contributed by atoms with E-state index in [1.807, 2.05) is 25.1 Å². The zero-order valence-electron chi connectivity index (χ0n) is 12.0. The Morgan fingerprint density at radius 1 is 1.38 bits per heavy atom. The number of urea groups is 1. The monoisotopic (exact) mass is 292 g/mol. The van der Waals surface area contributed by atoms with Crippen LogP contribution < -0.4 is 10.2 Å². The van der Waals surface area contributed by atoms with Crippen LogP contribution in [-0.2, 0) is 9.53 Å². The van der Waals surface area contributed by atoms with Gasteiger partial charge in [-0.05, 0) is 25.5 Å². The molecule has 21 heavy (non-hydrogen) atoms. The fraction of sp³-hybridized carbons (Fsp3) is 0.467. The molecule has 0 bridgehead atoms. The molecule has 2 amide bonds. The molecule has 1 aliphatic heterocycles. The van der Waals surface area contributed by atoms with Crippen LogP contribution in [0.5, 0.6) is 0 Å². The average Bonchev–Trinajstić information content (AvgIpc) is 2.86. The topological polar surface area (TPSA) is 78.9 Å². The summed E-state index contributed by atoms with van der Waals surface area (Å²) in [7, 11) is 0. The lowest BCUT2D eigenvalue weighted by Crippen LogP contribution is -2.52. The first-order valence-electron chi connectivity index (χ1n) is 6.94. The van der Waals surface area contributed by atoms with E-state index in [9.17, 15) is 9.59 Å². The van der Waals surface area contributed by atoms with Gasteiger partial charge in [0.15, 0.2) is 0 Å². The first-order valence-corrected chi connectivity index (χ1v) is 6.94. The maximum Gasteiger partial charge on any atom is 0.322 e. The van der Waals surface area contributed by atoms with Crippen LogP contribution in [0.15, 0.2) is 30.3 Å². The number of carbonyl (C=O) groups is 2. The number of hydrogen-bond donors (Lipinski definition) is 2. The third-order valence-corrected chi connectivity index (χ3v) is 3.49. The molecule has 6 nitrogen and oxygen atoms in total. The summed E-state index contributed by atoms with van der Waals surface area (Å²) in [5, 5.41) is 11.8. The predicted molar refractivity (Wildman–Crippen MR) is 78.4 cm³/mol. The molecule has 0 saturated carbocycles. The van der Waals surface area contributed by atoms with E-state index in [4.69, 9.17) is 9.84 Å². The molecule has 1 aliphatic rings. The first kappa shape index (κ1) is 15.3. The van der Waals surface area contributed by atoms with Crippen molar-refractivity contribution in [1.82, 2.24) is 5.32 Å². The number of ether oxygens (including phenoxy) is 1. The number of carboxylic acids is 1. The summed E-state index contributed by atoms with van der Waals surface area (Å²) in [6, 6.07) is 8.76. The second-order valence-corrected chi connectivity index (χ2v) is 5.42. The molecule has 1 unspecified atom stereocenters. The number of para-hydroxylation sites is 1. The minimum atomic E-state index is -0.931. The zero-order valence-corrected chi connectivity index (χ0v) is 12.0. The molecule has 1 fully saturated rings. The summed E-state index contributed by atoms with van der Waals surface area (Å²) in [4.78, 5) is 24.7. The fourth-order valence-corrected chi connectivity index (χ4v) is 2.25. The van der Waals surface area contributed by atoms with Crippen LogP contribution in [0.25, 0.3) is 0 Å². The van der Waals surface area contributed by atoms with Crippen molar-refractivity contribution in [2.24, 2.45) is 0 Å². The lowest BCUT2D eigenvalue weighted by atomic mass is 10.0. The highest BCUT2D eigenvalue weighted by atomic mass is 16.5. The van der Waals surface area contributed by atoms with Gasteiger partial charge in [0.2, 0.25) is 0 Å². The Hall–Kier alpha value is -2.08. The zero-order chi connectivity index (χ0) is 15.3. The number of carboxylic acid groups (broad SMARTS) is 1. The van der Waals surface area contributed by atoms with Crippen LogP contribution in [0.4, 0.5) is 10.5 Å². The molecule has 114 valence electrons. The van der Waals surface area contributed by atoms with E-state index in [1.54, 1.807) is 12.1 Å². The van der Waals surface area contributed by atoms with Crippen LogP contribution in [-0.4, -0.2) is 42.4 Å². The Balaban J connectivity index is 2.10. The molecule has 0 aromatic heterocycles. The van der Waals surface area contributed by atoms with E-state index in [2.05, 4.69) is 5.32 Å². The number of amides is 2. The van der Waals surface area contributed by atoms with Gasteiger partial charge in [-0.1, -0.05) is 18.2 Å². The van der Waals surface area contributed by atoms with Gasteiger partial charge in [-0.25, -0.2) is 4.79 Å². The highest BCUT2D eigenvalue weighted by Crippen LogP contribution is 2.20. The summed E-state index contributed by atoms with van der Waals surface area (Å²) < 4.78 is 5.32. The molecule has 0 radical (unpaired) electrons. The van der Waals surface area contributed by atoms with Crippen molar-refractivity contribution in [3.05, 3.63) is 30.3 Å². The van der Waals surface area contributed by atoms with Gasteiger partial charge in [0, 0.05) is 18.8 Å². The second kappa shape index (κ2) is 6.58. The van der Waals surface area contributed by atoms with Gasteiger partial charge in [-0.2, -0.15) is 0 Å². The fourth-order valence-electron chi connectivity index (χ4n) is 2.25. The van der Waals surface area contributed by atoms with Crippen molar-refractivity contribution >= 4 is 17.7 Å². The number of anilines is 1. The molecule has 1 aromatic rings. The number of benzene rings is 1. The van der Waals surface area contributed by atoms with Gasteiger partial charge >= 0.3 is 12.0 Å². The van der Waals surface area contributed by atoms with Crippen molar-refractivity contribution in [3.63, 3.8) is 0 Å².